The van der Waals surface area contributed by atoms with Gasteiger partial charge in [0.1, 0.15) is 0 Å². The summed E-state index contributed by atoms with van der Waals surface area (Å²) in [6.07, 6.45) is 3.12. The molecule has 1 aliphatic rings. The summed E-state index contributed by atoms with van der Waals surface area (Å²) in [5.41, 5.74) is 0. The molecule has 1 saturated heterocycles. The van der Waals surface area contributed by atoms with Gasteiger partial charge in [0.05, 0.1) is 57.8 Å². The Morgan fingerprint density at radius 2 is 1.43 bits per heavy atom. The lowest BCUT2D eigenvalue weighted by Crippen LogP contribution is -2.24. The zero-order chi connectivity index (χ0) is 19.9. The molecule has 160 valence electrons. The van der Waals surface area contributed by atoms with E-state index >= 15 is 0 Å². The van der Waals surface area contributed by atoms with Gasteiger partial charge in [-0.05, 0) is 31.4 Å². The zero-order valence-electron chi connectivity index (χ0n) is 16.1. The predicted molar refractivity (Wildman–Crippen MR) is 102 cm³/mol. The standard InChI is InChI=1S/C19H30O8S/c20-28(21,18-6-2-1-3-7-18)27-17-15-24-13-11-22-10-12-23-14-16-26-19-8-4-5-9-25-19/h1-3,6-7,19H,4-5,8-17H2. The maximum Gasteiger partial charge on any atom is 0.297 e. The van der Waals surface area contributed by atoms with E-state index in [2.05, 4.69) is 0 Å². The zero-order valence-corrected chi connectivity index (χ0v) is 16.9. The van der Waals surface area contributed by atoms with Gasteiger partial charge in [0, 0.05) is 6.61 Å². The second-order valence-electron chi connectivity index (χ2n) is 6.09. The maximum atomic E-state index is 11.9. The molecule has 1 aromatic rings. The highest BCUT2D eigenvalue weighted by Gasteiger charge is 2.14. The minimum absolute atomic E-state index is 0.0367. The molecule has 2 rings (SSSR count). The molecule has 1 heterocycles. The molecule has 9 heteroatoms. The van der Waals surface area contributed by atoms with Crippen LogP contribution in [0.2, 0.25) is 0 Å². The number of hydrogen-bond acceptors (Lipinski definition) is 8. The lowest BCUT2D eigenvalue weighted by molar-refractivity contribution is -0.169. The first kappa shape index (κ1) is 23.2. The van der Waals surface area contributed by atoms with Gasteiger partial charge in [-0.25, -0.2) is 0 Å². The molecule has 28 heavy (non-hydrogen) atoms. The highest BCUT2D eigenvalue weighted by molar-refractivity contribution is 7.86. The summed E-state index contributed by atoms with van der Waals surface area (Å²) >= 11 is 0. The van der Waals surface area contributed by atoms with E-state index in [-0.39, 0.29) is 24.4 Å². The lowest BCUT2D eigenvalue weighted by atomic mass is 10.2. The summed E-state index contributed by atoms with van der Waals surface area (Å²) in [7, 11) is -3.73. The monoisotopic (exact) mass is 418 g/mol. The van der Waals surface area contributed by atoms with Gasteiger partial charge in [0.2, 0.25) is 0 Å². The molecule has 0 saturated carbocycles. The van der Waals surface area contributed by atoms with Crippen LogP contribution in [-0.4, -0.2) is 74.2 Å². The molecule has 0 aromatic heterocycles. The normalized spacial score (nSPS) is 17.6. The fourth-order valence-corrected chi connectivity index (χ4v) is 3.39. The van der Waals surface area contributed by atoms with E-state index in [1.807, 2.05) is 0 Å². The summed E-state index contributed by atoms with van der Waals surface area (Å²) in [6, 6.07) is 8.01. The van der Waals surface area contributed by atoms with Crippen molar-refractivity contribution in [2.45, 2.75) is 30.4 Å². The molecular formula is C19H30O8S. The van der Waals surface area contributed by atoms with Gasteiger partial charge >= 0.3 is 0 Å². The van der Waals surface area contributed by atoms with E-state index in [9.17, 15) is 8.42 Å². The van der Waals surface area contributed by atoms with E-state index in [1.54, 1.807) is 18.2 Å². The van der Waals surface area contributed by atoms with Crippen LogP contribution < -0.4 is 0 Å². The molecule has 8 nitrogen and oxygen atoms in total. The Morgan fingerprint density at radius 1 is 0.821 bits per heavy atom. The Balaban J connectivity index is 1.34. The number of hydrogen-bond donors (Lipinski definition) is 0. The van der Waals surface area contributed by atoms with Gasteiger partial charge in [-0.1, -0.05) is 18.2 Å². The van der Waals surface area contributed by atoms with Gasteiger partial charge in [0.25, 0.3) is 10.1 Å². The summed E-state index contributed by atoms with van der Waals surface area (Å²) in [6.45, 7) is 3.63. The van der Waals surface area contributed by atoms with Crippen molar-refractivity contribution in [2.24, 2.45) is 0 Å². The van der Waals surface area contributed by atoms with Crippen LogP contribution in [0, 0.1) is 0 Å². The lowest BCUT2D eigenvalue weighted by Gasteiger charge is -2.22. The van der Waals surface area contributed by atoms with E-state index < -0.39 is 10.1 Å². The van der Waals surface area contributed by atoms with Gasteiger partial charge in [0.15, 0.2) is 6.29 Å². The number of ether oxygens (including phenoxy) is 5. The van der Waals surface area contributed by atoms with Crippen molar-refractivity contribution >= 4 is 10.1 Å². The second kappa shape index (κ2) is 14.0. The molecular weight excluding hydrogens is 388 g/mol. The van der Waals surface area contributed by atoms with Crippen LogP contribution in [0.1, 0.15) is 19.3 Å². The molecule has 1 unspecified atom stereocenters. The predicted octanol–water partition coefficient (Wildman–Crippen LogP) is 1.98. The molecule has 1 aliphatic heterocycles. The number of rotatable bonds is 15. The van der Waals surface area contributed by atoms with Gasteiger partial charge in [-0.3, -0.25) is 4.18 Å². The van der Waals surface area contributed by atoms with Crippen LogP contribution in [0.25, 0.3) is 0 Å². The van der Waals surface area contributed by atoms with E-state index in [0.717, 1.165) is 25.9 Å². The highest BCUT2D eigenvalue weighted by atomic mass is 32.2. The Bertz CT molecular complexity index is 602. The van der Waals surface area contributed by atoms with Crippen LogP contribution in [0.5, 0.6) is 0 Å². The van der Waals surface area contributed by atoms with Crippen LogP contribution in [0.3, 0.4) is 0 Å². The Morgan fingerprint density at radius 3 is 2.04 bits per heavy atom. The SMILES string of the molecule is O=S(=O)(OCCOCCOCCOCCOC1CCCCO1)c1ccccc1. The minimum atomic E-state index is -3.73. The number of benzene rings is 1. The fourth-order valence-electron chi connectivity index (χ4n) is 2.48. The smallest absolute Gasteiger partial charge is 0.297 e. The summed E-state index contributed by atoms with van der Waals surface area (Å²) in [5.74, 6) is 0. The van der Waals surface area contributed by atoms with Crippen molar-refractivity contribution in [1.29, 1.82) is 0 Å². The molecule has 1 aromatic carbocycles. The molecule has 0 bridgehead atoms. The van der Waals surface area contributed by atoms with E-state index in [4.69, 9.17) is 27.9 Å². The molecule has 0 radical (unpaired) electrons. The first-order chi connectivity index (χ1) is 13.7. The average molecular weight is 419 g/mol. The quantitative estimate of drug-likeness (QED) is 0.316. The van der Waals surface area contributed by atoms with Crippen LogP contribution in [0.4, 0.5) is 0 Å². The molecule has 1 fully saturated rings. The van der Waals surface area contributed by atoms with E-state index in [1.165, 1.54) is 12.1 Å². The molecule has 0 spiro atoms. The Hall–Kier alpha value is -1.07. The van der Waals surface area contributed by atoms with Gasteiger partial charge in [-0.15, -0.1) is 0 Å². The van der Waals surface area contributed by atoms with Crippen molar-refractivity contribution in [2.75, 3.05) is 59.5 Å². The van der Waals surface area contributed by atoms with Crippen LogP contribution in [-0.2, 0) is 38.0 Å². The van der Waals surface area contributed by atoms with Crippen LogP contribution >= 0.6 is 0 Å². The summed E-state index contributed by atoms with van der Waals surface area (Å²) in [5, 5.41) is 0. The molecule has 0 aliphatic carbocycles. The Kier molecular flexibility index (Phi) is 11.6. The minimum Gasteiger partial charge on any atom is -0.377 e. The summed E-state index contributed by atoms with van der Waals surface area (Å²) in [4.78, 5) is 0.134. The second-order valence-corrected chi connectivity index (χ2v) is 7.71. The maximum absolute atomic E-state index is 11.9. The van der Waals surface area contributed by atoms with Crippen molar-refractivity contribution in [1.82, 2.24) is 0 Å². The highest BCUT2D eigenvalue weighted by Crippen LogP contribution is 2.13. The van der Waals surface area contributed by atoms with Crippen molar-refractivity contribution in [3.05, 3.63) is 30.3 Å². The third-order valence-electron chi connectivity index (χ3n) is 3.91. The molecule has 0 N–H and O–H groups in total. The molecule has 1 atom stereocenters. The van der Waals surface area contributed by atoms with Gasteiger partial charge < -0.3 is 23.7 Å². The average Bonchev–Trinajstić information content (AvgIpc) is 2.73. The first-order valence-corrected chi connectivity index (χ1v) is 11.0. The van der Waals surface area contributed by atoms with Crippen LogP contribution in [0.15, 0.2) is 35.2 Å². The molecule has 0 amide bonds. The third kappa shape index (κ3) is 9.92. The Labute approximate surface area is 167 Å². The van der Waals surface area contributed by atoms with Crippen molar-refractivity contribution < 1.29 is 36.3 Å². The topological polar surface area (TPSA) is 89.5 Å². The third-order valence-corrected chi connectivity index (χ3v) is 5.24. The van der Waals surface area contributed by atoms with Gasteiger partial charge in [-0.2, -0.15) is 8.42 Å². The largest absolute Gasteiger partial charge is 0.377 e. The van der Waals surface area contributed by atoms with E-state index in [0.29, 0.717) is 39.6 Å². The fraction of sp³-hybridized carbons (Fsp3) is 0.684. The first-order valence-electron chi connectivity index (χ1n) is 9.59. The van der Waals surface area contributed by atoms with Crippen molar-refractivity contribution in [3.8, 4) is 0 Å². The van der Waals surface area contributed by atoms with Crippen molar-refractivity contribution in [3.63, 3.8) is 0 Å². The summed E-state index contributed by atoms with van der Waals surface area (Å²) < 4.78 is 55.7.